The van der Waals surface area contributed by atoms with Crippen molar-refractivity contribution < 1.29 is 23.0 Å². The molecule has 128 valence electrons. The first-order chi connectivity index (χ1) is 12.1. The number of hydrogen-bond donors (Lipinski definition) is 1. The van der Waals surface area contributed by atoms with E-state index >= 15 is 0 Å². The van der Waals surface area contributed by atoms with Crippen LogP contribution in [0.1, 0.15) is 17.4 Å². The predicted molar refractivity (Wildman–Crippen MR) is 84.2 cm³/mol. The van der Waals surface area contributed by atoms with Crippen molar-refractivity contribution in [1.82, 2.24) is 15.4 Å². The molecule has 0 saturated carbocycles. The van der Waals surface area contributed by atoms with Crippen LogP contribution in [0.15, 0.2) is 42.5 Å². The molecule has 8 heteroatoms. The van der Waals surface area contributed by atoms with Gasteiger partial charge < -0.3 is 9.47 Å². The standard InChI is InChI=1S/C17H13F2N3O3/c1-2-24-17(23)16-15(20-22-21-16)13-5-3-4-6-14(13)25-12-8-10(18)7-11(19)9-12/h3-9H,2H2,1H3,(H,20,21,22). The zero-order valence-corrected chi connectivity index (χ0v) is 13.1. The topological polar surface area (TPSA) is 77.1 Å². The number of benzene rings is 2. The van der Waals surface area contributed by atoms with Crippen LogP contribution in [0.2, 0.25) is 0 Å². The maximum atomic E-state index is 13.4. The first kappa shape index (κ1) is 16.6. The molecule has 1 heterocycles. The third-order valence-corrected chi connectivity index (χ3v) is 3.22. The molecule has 1 N–H and O–H groups in total. The molecular formula is C17H13F2N3O3. The van der Waals surface area contributed by atoms with Gasteiger partial charge in [0.2, 0.25) is 0 Å². The number of H-pyrrole nitrogens is 1. The van der Waals surface area contributed by atoms with E-state index in [1.54, 1.807) is 31.2 Å². The minimum atomic E-state index is -0.763. The number of nitrogens with zero attached hydrogens (tertiary/aromatic N) is 2. The number of halogens is 2. The first-order valence-corrected chi connectivity index (χ1v) is 7.39. The maximum absolute atomic E-state index is 13.4. The van der Waals surface area contributed by atoms with Crippen molar-refractivity contribution in [2.24, 2.45) is 0 Å². The van der Waals surface area contributed by atoms with E-state index in [4.69, 9.17) is 9.47 Å². The molecule has 1 aromatic heterocycles. The number of aromatic nitrogens is 3. The summed E-state index contributed by atoms with van der Waals surface area (Å²) < 4.78 is 37.2. The van der Waals surface area contributed by atoms with Crippen LogP contribution in [0.4, 0.5) is 8.78 Å². The minimum Gasteiger partial charge on any atom is -0.461 e. The second-order valence-electron chi connectivity index (χ2n) is 4.94. The quantitative estimate of drug-likeness (QED) is 0.713. The fraction of sp³-hybridized carbons (Fsp3) is 0.118. The summed E-state index contributed by atoms with van der Waals surface area (Å²) in [7, 11) is 0. The second kappa shape index (κ2) is 7.08. The van der Waals surface area contributed by atoms with Gasteiger partial charge in [-0.3, -0.25) is 0 Å². The Balaban J connectivity index is 2.00. The van der Waals surface area contributed by atoms with Crippen molar-refractivity contribution in [3.05, 3.63) is 59.8 Å². The molecule has 0 aliphatic rings. The van der Waals surface area contributed by atoms with E-state index in [2.05, 4.69) is 15.4 Å². The Labute approximate surface area is 141 Å². The number of hydrogen-bond acceptors (Lipinski definition) is 5. The number of esters is 1. The lowest BCUT2D eigenvalue weighted by molar-refractivity contribution is 0.0520. The third kappa shape index (κ3) is 3.63. The highest BCUT2D eigenvalue weighted by Gasteiger charge is 2.21. The van der Waals surface area contributed by atoms with E-state index < -0.39 is 17.6 Å². The third-order valence-electron chi connectivity index (χ3n) is 3.22. The molecule has 2 aromatic carbocycles. The van der Waals surface area contributed by atoms with Crippen LogP contribution >= 0.6 is 0 Å². The Morgan fingerprint density at radius 2 is 1.84 bits per heavy atom. The molecule has 0 unspecified atom stereocenters. The van der Waals surface area contributed by atoms with Crippen molar-refractivity contribution in [3.8, 4) is 22.8 Å². The molecule has 25 heavy (non-hydrogen) atoms. The maximum Gasteiger partial charge on any atom is 0.361 e. The van der Waals surface area contributed by atoms with Crippen molar-refractivity contribution in [3.63, 3.8) is 0 Å². The molecule has 0 radical (unpaired) electrons. The smallest absolute Gasteiger partial charge is 0.361 e. The fourth-order valence-corrected chi connectivity index (χ4v) is 2.23. The van der Waals surface area contributed by atoms with Gasteiger partial charge in [-0.2, -0.15) is 10.3 Å². The van der Waals surface area contributed by atoms with E-state index in [9.17, 15) is 13.6 Å². The lowest BCUT2D eigenvalue weighted by Crippen LogP contribution is -2.07. The van der Waals surface area contributed by atoms with Crippen molar-refractivity contribution in [1.29, 1.82) is 0 Å². The van der Waals surface area contributed by atoms with Gasteiger partial charge in [-0.1, -0.05) is 12.1 Å². The average molecular weight is 345 g/mol. The van der Waals surface area contributed by atoms with Gasteiger partial charge in [0.15, 0.2) is 5.69 Å². The highest BCUT2D eigenvalue weighted by molar-refractivity contribution is 5.94. The van der Waals surface area contributed by atoms with E-state index in [0.717, 1.165) is 18.2 Å². The molecule has 6 nitrogen and oxygen atoms in total. The summed E-state index contributed by atoms with van der Waals surface area (Å²) in [5, 5.41) is 10.1. The lowest BCUT2D eigenvalue weighted by atomic mass is 10.1. The molecule has 0 spiro atoms. The number of carbonyl (C=O) groups is 1. The van der Waals surface area contributed by atoms with Crippen LogP contribution < -0.4 is 4.74 Å². The molecule has 0 saturated heterocycles. The number of aromatic amines is 1. The minimum absolute atomic E-state index is 0.0108. The number of ether oxygens (including phenoxy) is 2. The van der Waals surface area contributed by atoms with Gasteiger partial charge in [0.1, 0.15) is 28.8 Å². The van der Waals surface area contributed by atoms with Gasteiger partial charge in [0.25, 0.3) is 0 Å². The second-order valence-corrected chi connectivity index (χ2v) is 4.94. The van der Waals surface area contributed by atoms with E-state index in [1.807, 2.05) is 0 Å². The molecule has 0 bridgehead atoms. The van der Waals surface area contributed by atoms with Gasteiger partial charge in [-0.05, 0) is 19.1 Å². The zero-order chi connectivity index (χ0) is 17.8. The van der Waals surface area contributed by atoms with Gasteiger partial charge in [-0.15, -0.1) is 5.10 Å². The van der Waals surface area contributed by atoms with Crippen LogP contribution in [-0.2, 0) is 4.74 Å². The number of carbonyl (C=O) groups excluding carboxylic acids is 1. The van der Waals surface area contributed by atoms with Gasteiger partial charge in [0.05, 0.1) is 6.61 Å². The number of nitrogens with one attached hydrogen (secondary N) is 1. The van der Waals surface area contributed by atoms with Gasteiger partial charge in [-0.25, -0.2) is 13.6 Å². The molecule has 3 rings (SSSR count). The highest BCUT2D eigenvalue weighted by Crippen LogP contribution is 2.34. The highest BCUT2D eigenvalue weighted by atomic mass is 19.1. The van der Waals surface area contributed by atoms with Crippen molar-refractivity contribution >= 4 is 5.97 Å². The molecule has 0 fully saturated rings. The van der Waals surface area contributed by atoms with Crippen LogP contribution in [0.3, 0.4) is 0 Å². The summed E-state index contributed by atoms with van der Waals surface area (Å²) in [5.41, 5.74) is 0.623. The predicted octanol–water partition coefficient (Wildman–Crippen LogP) is 3.72. The van der Waals surface area contributed by atoms with Crippen LogP contribution in [0.25, 0.3) is 11.3 Å². The molecule has 0 atom stereocenters. The summed E-state index contributed by atoms with van der Waals surface area (Å²) in [6.07, 6.45) is 0. The lowest BCUT2D eigenvalue weighted by Gasteiger charge is -2.10. The van der Waals surface area contributed by atoms with Crippen LogP contribution in [-0.4, -0.2) is 28.0 Å². The molecular weight excluding hydrogens is 332 g/mol. The van der Waals surface area contributed by atoms with Gasteiger partial charge in [0, 0.05) is 23.8 Å². The normalized spacial score (nSPS) is 10.5. The molecule has 0 amide bonds. The van der Waals surface area contributed by atoms with Crippen molar-refractivity contribution in [2.45, 2.75) is 6.92 Å². The van der Waals surface area contributed by atoms with Gasteiger partial charge >= 0.3 is 5.97 Å². The zero-order valence-electron chi connectivity index (χ0n) is 13.1. The van der Waals surface area contributed by atoms with E-state index in [0.29, 0.717) is 5.56 Å². The van der Waals surface area contributed by atoms with E-state index in [1.165, 1.54) is 0 Å². The fourth-order valence-electron chi connectivity index (χ4n) is 2.23. The van der Waals surface area contributed by atoms with E-state index in [-0.39, 0.29) is 29.5 Å². The number of rotatable bonds is 5. The summed E-state index contributed by atoms with van der Waals surface area (Å²) in [5.74, 6) is -1.93. The Kier molecular flexibility index (Phi) is 4.69. The Hall–Kier alpha value is -3.29. The summed E-state index contributed by atoms with van der Waals surface area (Å²) >= 11 is 0. The monoisotopic (exact) mass is 345 g/mol. The van der Waals surface area contributed by atoms with Crippen LogP contribution in [0.5, 0.6) is 11.5 Å². The molecule has 0 aliphatic heterocycles. The first-order valence-electron chi connectivity index (χ1n) is 7.39. The Bertz CT molecular complexity index is 891. The summed E-state index contributed by atoms with van der Waals surface area (Å²) in [6.45, 7) is 1.86. The van der Waals surface area contributed by atoms with Crippen LogP contribution in [0, 0.1) is 11.6 Å². The summed E-state index contributed by atoms with van der Waals surface area (Å²) in [4.78, 5) is 12.0. The summed E-state index contributed by atoms with van der Waals surface area (Å²) in [6, 6.07) is 9.46. The average Bonchev–Trinajstić information content (AvgIpc) is 3.04. The number of para-hydroxylation sites is 1. The van der Waals surface area contributed by atoms with Crippen molar-refractivity contribution in [2.75, 3.05) is 6.61 Å². The molecule has 0 aliphatic carbocycles. The SMILES string of the molecule is CCOC(=O)c1n[nH]nc1-c1ccccc1Oc1cc(F)cc(F)c1. The Morgan fingerprint density at radius 1 is 1.12 bits per heavy atom. The Morgan fingerprint density at radius 3 is 2.56 bits per heavy atom. The molecule has 3 aromatic rings. The largest absolute Gasteiger partial charge is 0.461 e.